The highest BCUT2D eigenvalue weighted by Gasteiger charge is 2.14. The van der Waals surface area contributed by atoms with Crippen molar-refractivity contribution < 1.29 is 14.7 Å². The highest BCUT2D eigenvalue weighted by Crippen LogP contribution is 1.94. The molecule has 0 aromatic rings. The molecule has 0 radical (unpaired) electrons. The molecule has 1 unspecified atom stereocenters. The maximum atomic E-state index is 10.5. The summed E-state index contributed by atoms with van der Waals surface area (Å²) < 4.78 is 0. The van der Waals surface area contributed by atoms with Crippen LogP contribution in [0.2, 0.25) is 0 Å². The maximum absolute atomic E-state index is 10.5. The molecular formula is C6H9NO3. The van der Waals surface area contributed by atoms with Gasteiger partial charge in [-0.3, -0.25) is 9.59 Å². The van der Waals surface area contributed by atoms with Crippen LogP contribution in [0.4, 0.5) is 0 Å². The van der Waals surface area contributed by atoms with Gasteiger partial charge in [-0.15, -0.1) is 0 Å². The van der Waals surface area contributed by atoms with E-state index in [1.54, 1.807) is 0 Å². The van der Waals surface area contributed by atoms with E-state index in [1.165, 1.54) is 6.92 Å². The quantitative estimate of drug-likeness (QED) is 0.421. The van der Waals surface area contributed by atoms with E-state index >= 15 is 0 Å². The zero-order valence-electron chi connectivity index (χ0n) is 5.63. The van der Waals surface area contributed by atoms with Crippen molar-refractivity contribution in [3.05, 3.63) is 12.3 Å². The topological polar surface area (TPSA) is 66.4 Å². The second-order valence-electron chi connectivity index (χ2n) is 1.82. The van der Waals surface area contributed by atoms with E-state index in [-0.39, 0.29) is 11.5 Å². The van der Waals surface area contributed by atoms with Gasteiger partial charge in [-0.2, -0.15) is 0 Å². The van der Waals surface area contributed by atoms with Crippen LogP contribution in [0.3, 0.4) is 0 Å². The summed E-state index contributed by atoms with van der Waals surface area (Å²) in [5, 5.41) is 10.8. The van der Waals surface area contributed by atoms with Crippen LogP contribution < -0.4 is 5.32 Å². The fraction of sp³-hybridized carbons (Fsp3) is 0.333. The fourth-order valence-corrected chi connectivity index (χ4v) is 0.516. The van der Waals surface area contributed by atoms with Crippen LogP contribution in [-0.4, -0.2) is 23.3 Å². The van der Waals surface area contributed by atoms with Crippen LogP contribution >= 0.6 is 0 Å². The third kappa shape index (κ3) is 2.30. The van der Waals surface area contributed by atoms with Crippen molar-refractivity contribution >= 4 is 12.2 Å². The van der Waals surface area contributed by atoms with Gasteiger partial charge >= 0.3 is 0 Å². The molecule has 56 valence electrons. The first-order valence-electron chi connectivity index (χ1n) is 2.67. The van der Waals surface area contributed by atoms with E-state index in [0.717, 1.165) is 0 Å². The lowest BCUT2D eigenvalue weighted by Gasteiger charge is -2.09. The maximum Gasteiger partial charge on any atom is 0.208 e. The Balaban J connectivity index is 4.11. The molecular weight excluding hydrogens is 134 g/mol. The van der Waals surface area contributed by atoms with Crippen LogP contribution in [0.15, 0.2) is 12.3 Å². The SMILES string of the molecule is C=C(O)C(NC=O)C(C)=O. The van der Waals surface area contributed by atoms with Gasteiger partial charge in [0.15, 0.2) is 5.78 Å². The number of hydrogen-bond acceptors (Lipinski definition) is 3. The van der Waals surface area contributed by atoms with Crippen molar-refractivity contribution in [1.82, 2.24) is 5.32 Å². The minimum atomic E-state index is -0.961. The summed E-state index contributed by atoms with van der Waals surface area (Å²) >= 11 is 0. The van der Waals surface area contributed by atoms with Gasteiger partial charge in [0.25, 0.3) is 0 Å². The van der Waals surface area contributed by atoms with Crippen molar-refractivity contribution in [3.8, 4) is 0 Å². The lowest BCUT2D eigenvalue weighted by atomic mass is 10.2. The molecule has 0 spiro atoms. The van der Waals surface area contributed by atoms with Crippen LogP contribution in [0.25, 0.3) is 0 Å². The van der Waals surface area contributed by atoms with Gasteiger partial charge in [0.1, 0.15) is 11.8 Å². The fourth-order valence-electron chi connectivity index (χ4n) is 0.516. The first kappa shape index (κ1) is 8.68. The van der Waals surface area contributed by atoms with Crippen LogP contribution in [0.1, 0.15) is 6.92 Å². The third-order valence-electron chi connectivity index (χ3n) is 0.974. The lowest BCUT2D eigenvalue weighted by Crippen LogP contribution is -2.35. The molecule has 4 heteroatoms. The summed E-state index contributed by atoms with van der Waals surface area (Å²) in [6.45, 7) is 4.36. The number of Topliss-reactive ketones (excluding diaryl/α,β-unsaturated/α-hetero) is 1. The largest absolute Gasteiger partial charge is 0.510 e. The van der Waals surface area contributed by atoms with Crippen molar-refractivity contribution in [2.45, 2.75) is 13.0 Å². The Bertz CT molecular complexity index is 150. The highest BCUT2D eigenvalue weighted by atomic mass is 16.3. The molecule has 0 rings (SSSR count). The van der Waals surface area contributed by atoms with E-state index in [1.807, 2.05) is 0 Å². The van der Waals surface area contributed by atoms with E-state index in [9.17, 15) is 9.59 Å². The predicted molar refractivity (Wildman–Crippen MR) is 35.4 cm³/mol. The molecule has 2 N–H and O–H groups in total. The Morgan fingerprint density at radius 2 is 2.30 bits per heavy atom. The number of amides is 1. The standard InChI is InChI=1S/C6H9NO3/c1-4(9)6(5(2)10)7-3-8/h3,6,9H,1H2,2H3,(H,7,8). The molecule has 0 aromatic carbocycles. The van der Waals surface area contributed by atoms with Crippen LogP contribution in [-0.2, 0) is 9.59 Å². The van der Waals surface area contributed by atoms with Gasteiger partial charge in [0.2, 0.25) is 6.41 Å². The van der Waals surface area contributed by atoms with Crippen LogP contribution in [0, 0.1) is 0 Å². The average Bonchev–Trinajstić information content (AvgIpc) is 1.81. The monoisotopic (exact) mass is 143 g/mol. The van der Waals surface area contributed by atoms with Gasteiger partial charge in [-0.05, 0) is 6.92 Å². The summed E-state index contributed by atoms with van der Waals surface area (Å²) in [5.41, 5.74) is 0. The molecule has 0 bridgehead atoms. The normalized spacial score (nSPS) is 11.7. The number of hydrogen-bond donors (Lipinski definition) is 2. The van der Waals surface area contributed by atoms with Gasteiger partial charge in [-0.1, -0.05) is 6.58 Å². The van der Waals surface area contributed by atoms with E-state index in [0.29, 0.717) is 6.41 Å². The Labute approximate surface area is 58.5 Å². The second kappa shape index (κ2) is 3.66. The Morgan fingerprint density at radius 3 is 2.40 bits per heavy atom. The molecule has 1 atom stereocenters. The van der Waals surface area contributed by atoms with Crippen molar-refractivity contribution in [1.29, 1.82) is 0 Å². The minimum Gasteiger partial charge on any atom is -0.510 e. The molecule has 1 amide bonds. The number of carbonyl (C=O) groups excluding carboxylic acids is 2. The molecule has 4 nitrogen and oxygen atoms in total. The average molecular weight is 143 g/mol. The smallest absolute Gasteiger partial charge is 0.208 e. The van der Waals surface area contributed by atoms with Crippen LogP contribution in [0.5, 0.6) is 0 Å². The zero-order chi connectivity index (χ0) is 8.15. The summed E-state index contributed by atoms with van der Waals surface area (Å²) in [7, 11) is 0. The predicted octanol–water partition coefficient (Wildman–Crippen LogP) is -0.238. The molecule has 0 aromatic heterocycles. The molecule has 0 heterocycles. The van der Waals surface area contributed by atoms with E-state index in [4.69, 9.17) is 5.11 Å². The summed E-state index contributed by atoms with van der Waals surface area (Å²) in [4.78, 5) is 20.3. The summed E-state index contributed by atoms with van der Waals surface area (Å²) in [5.74, 6) is -0.695. The molecule has 0 saturated carbocycles. The number of ketones is 1. The Morgan fingerprint density at radius 1 is 1.80 bits per heavy atom. The Kier molecular flexibility index (Phi) is 3.17. The number of aliphatic hydroxyl groups is 1. The minimum absolute atomic E-state index is 0.341. The van der Waals surface area contributed by atoms with E-state index in [2.05, 4.69) is 11.9 Å². The molecule has 0 aliphatic rings. The number of carbonyl (C=O) groups is 2. The van der Waals surface area contributed by atoms with E-state index < -0.39 is 6.04 Å². The molecule has 0 aliphatic carbocycles. The van der Waals surface area contributed by atoms with Gasteiger partial charge < -0.3 is 10.4 Å². The molecule has 0 saturated heterocycles. The second-order valence-corrected chi connectivity index (χ2v) is 1.82. The number of nitrogens with one attached hydrogen (secondary N) is 1. The molecule has 10 heavy (non-hydrogen) atoms. The van der Waals surface area contributed by atoms with Crippen molar-refractivity contribution in [2.75, 3.05) is 0 Å². The van der Waals surface area contributed by atoms with Crippen molar-refractivity contribution in [3.63, 3.8) is 0 Å². The van der Waals surface area contributed by atoms with Crippen molar-refractivity contribution in [2.24, 2.45) is 0 Å². The molecule has 0 fully saturated rings. The third-order valence-corrected chi connectivity index (χ3v) is 0.974. The summed E-state index contributed by atoms with van der Waals surface area (Å²) in [6.07, 6.45) is 0.341. The Hall–Kier alpha value is -1.32. The lowest BCUT2D eigenvalue weighted by molar-refractivity contribution is -0.121. The first-order valence-corrected chi connectivity index (χ1v) is 2.67. The molecule has 0 aliphatic heterocycles. The highest BCUT2D eigenvalue weighted by molar-refractivity contribution is 5.85. The zero-order valence-corrected chi connectivity index (χ0v) is 5.63. The number of rotatable bonds is 4. The van der Waals surface area contributed by atoms with Gasteiger partial charge in [-0.25, -0.2) is 0 Å². The van der Waals surface area contributed by atoms with Gasteiger partial charge in [0.05, 0.1) is 0 Å². The first-order chi connectivity index (χ1) is 4.59. The van der Waals surface area contributed by atoms with Gasteiger partial charge in [0, 0.05) is 0 Å². The number of aliphatic hydroxyl groups excluding tert-OH is 1. The summed E-state index contributed by atoms with van der Waals surface area (Å²) in [6, 6.07) is -0.961.